The SMILES string of the molecule is CCCN(c1cc(Cl)nc(C(C)(C)C)n1)C1CC1. The van der Waals surface area contributed by atoms with Crippen LogP contribution in [0.15, 0.2) is 6.07 Å². The summed E-state index contributed by atoms with van der Waals surface area (Å²) in [7, 11) is 0. The van der Waals surface area contributed by atoms with Gasteiger partial charge >= 0.3 is 0 Å². The molecular weight excluding hydrogens is 246 g/mol. The van der Waals surface area contributed by atoms with Crippen LogP contribution in [0, 0.1) is 0 Å². The van der Waals surface area contributed by atoms with Gasteiger partial charge in [-0.15, -0.1) is 0 Å². The molecule has 18 heavy (non-hydrogen) atoms. The average molecular weight is 268 g/mol. The van der Waals surface area contributed by atoms with Crippen molar-refractivity contribution in [2.75, 3.05) is 11.4 Å². The van der Waals surface area contributed by atoms with Crippen LogP contribution in [0.5, 0.6) is 0 Å². The lowest BCUT2D eigenvalue weighted by molar-refractivity contribution is 0.543. The molecule has 1 fully saturated rings. The molecule has 1 aliphatic carbocycles. The number of anilines is 1. The van der Waals surface area contributed by atoms with Crippen LogP contribution in [0.4, 0.5) is 5.82 Å². The summed E-state index contributed by atoms with van der Waals surface area (Å²) < 4.78 is 0. The lowest BCUT2D eigenvalue weighted by atomic mass is 9.96. The Morgan fingerprint density at radius 3 is 2.50 bits per heavy atom. The molecule has 4 heteroatoms. The Morgan fingerprint density at radius 1 is 1.33 bits per heavy atom. The molecule has 1 aromatic rings. The van der Waals surface area contributed by atoms with E-state index in [1.807, 2.05) is 6.07 Å². The Hall–Kier alpha value is -0.830. The molecule has 0 spiro atoms. The van der Waals surface area contributed by atoms with Crippen molar-refractivity contribution in [1.29, 1.82) is 0 Å². The van der Waals surface area contributed by atoms with Gasteiger partial charge in [-0.25, -0.2) is 9.97 Å². The molecule has 0 saturated heterocycles. The molecule has 0 amide bonds. The van der Waals surface area contributed by atoms with Crippen LogP contribution in [0.2, 0.25) is 5.15 Å². The summed E-state index contributed by atoms with van der Waals surface area (Å²) in [6, 6.07) is 2.55. The molecule has 0 atom stereocenters. The minimum atomic E-state index is -0.0684. The third-order valence-corrected chi connectivity index (χ3v) is 3.29. The number of aromatic nitrogens is 2. The molecule has 0 bridgehead atoms. The Balaban J connectivity index is 2.34. The van der Waals surface area contributed by atoms with Gasteiger partial charge in [-0.05, 0) is 19.3 Å². The highest BCUT2D eigenvalue weighted by atomic mass is 35.5. The summed E-state index contributed by atoms with van der Waals surface area (Å²) in [6.07, 6.45) is 3.67. The molecule has 0 aromatic carbocycles. The number of halogens is 1. The maximum absolute atomic E-state index is 6.15. The predicted molar refractivity (Wildman–Crippen MR) is 76.4 cm³/mol. The molecule has 0 unspecified atom stereocenters. The van der Waals surface area contributed by atoms with Crippen LogP contribution < -0.4 is 4.90 Å². The minimum absolute atomic E-state index is 0.0684. The van der Waals surface area contributed by atoms with Crippen molar-refractivity contribution in [3.05, 3.63) is 17.0 Å². The first-order valence-electron chi connectivity index (χ1n) is 6.73. The first-order valence-corrected chi connectivity index (χ1v) is 7.11. The van der Waals surface area contributed by atoms with Crippen molar-refractivity contribution in [2.45, 2.75) is 58.4 Å². The highest BCUT2D eigenvalue weighted by molar-refractivity contribution is 6.29. The van der Waals surface area contributed by atoms with Gasteiger partial charge in [0.05, 0.1) is 0 Å². The van der Waals surface area contributed by atoms with Gasteiger partial charge in [0.2, 0.25) is 0 Å². The van der Waals surface area contributed by atoms with Gasteiger partial charge in [-0.2, -0.15) is 0 Å². The highest BCUT2D eigenvalue weighted by Crippen LogP contribution is 2.32. The molecule has 0 N–H and O–H groups in total. The Morgan fingerprint density at radius 2 is 2.00 bits per heavy atom. The maximum Gasteiger partial charge on any atom is 0.137 e. The fourth-order valence-corrected chi connectivity index (χ4v) is 2.18. The molecule has 0 aliphatic heterocycles. The molecule has 2 rings (SSSR count). The summed E-state index contributed by atoms with van der Waals surface area (Å²) in [5.41, 5.74) is -0.0684. The standard InChI is InChI=1S/C14H22ClN3/c1-5-8-18(10-6-7-10)12-9-11(15)16-13(17-12)14(2,3)4/h9-10H,5-8H2,1-4H3. The van der Waals surface area contributed by atoms with E-state index in [4.69, 9.17) is 16.6 Å². The van der Waals surface area contributed by atoms with Crippen LogP contribution >= 0.6 is 11.6 Å². The molecular formula is C14H22ClN3. The number of rotatable bonds is 4. The van der Waals surface area contributed by atoms with Gasteiger partial charge in [-0.3, -0.25) is 0 Å². The molecule has 3 nitrogen and oxygen atoms in total. The summed E-state index contributed by atoms with van der Waals surface area (Å²) in [5.74, 6) is 1.82. The second-order valence-corrected chi connectivity index (χ2v) is 6.43. The minimum Gasteiger partial charge on any atom is -0.353 e. The van der Waals surface area contributed by atoms with E-state index in [2.05, 4.69) is 37.6 Å². The zero-order valence-corrected chi connectivity index (χ0v) is 12.5. The molecule has 1 aromatic heterocycles. The number of hydrogen-bond donors (Lipinski definition) is 0. The predicted octanol–water partition coefficient (Wildman–Crippen LogP) is 3.81. The lowest BCUT2D eigenvalue weighted by Gasteiger charge is -2.25. The first-order chi connectivity index (χ1) is 8.41. The van der Waals surface area contributed by atoms with Crippen molar-refractivity contribution in [1.82, 2.24) is 9.97 Å². The van der Waals surface area contributed by atoms with E-state index in [1.54, 1.807) is 0 Å². The zero-order valence-electron chi connectivity index (χ0n) is 11.7. The van der Waals surface area contributed by atoms with Crippen LogP contribution in [-0.4, -0.2) is 22.6 Å². The van der Waals surface area contributed by atoms with Crippen molar-refractivity contribution < 1.29 is 0 Å². The summed E-state index contributed by atoms with van der Waals surface area (Å²) in [6.45, 7) is 9.58. The van der Waals surface area contributed by atoms with E-state index in [0.717, 1.165) is 24.6 Å². The van der Waals surface area contributed by atoms with Crippen molar-refractivity contribution in [3.8, 4) is 0 Å². The average Bonchev–Trinajstić information content (AvgIpc) is 3.07. The Labute approximate surface area is 115 Å². The van der Waals surface area contributed by atoms with E-state index in [9.17, 15) is 0 Å². The topological polar surface area (TPSA) is 29.0 Å². The van der Waals surface area contributed by atoms with E-state index in [0.29, 0.717) is 11.2 Å². The van der Waals surface area contributed by atoms with E-state index < -0.39 is 0 Å². The molecule has 100 valence electrons. The summed E-state index contributed by atoms with van der Waals surface area (Å²) in [4.78, 5) is 11.4. The van der Waals surface area contributed by atoms with Crippen molar-refractivity contribution >= 4 is 17.4 Å². The molecule has 1 aliphatic rings. The van der Waals surface area contributed by atoms with E-state index in [-0.39, 0.29) is 5.41 Å². The fourth-order valence-electron chi connectivity index (χ4n) is 2.00. The number of nitrogens with zero attached hydrogens (tertiary/aromatic N) is 3. The second kappa shape index (κ2) is 5.04. The normalized spacial score (nSPS) is 15.8. The summed E-state index contributed by atoms with van der Waals surface area (Å²) in [5, 5.41) is 0.548. The molecule has 0 radical (unpaired) electrons. The Bertz CT molecular complexity index is 422. The highest BCUT2D eigenvalue weighted by Gasteiger charge is 2.30. The smallest absolute Gasteiger partial charge is 0.137 e. The largest absolute Gasteiger partial charge is 0.353 e. The number of hydrogen-bond acceptors (Lipinski definition) is 3. The first kappa shape index (κ1) is 13.6. The summed E-state index contributed by atoms with van der Waals surface area (Å²) >= 11 is 6.15. The Kier molecular flexibility index (Phi) is 3.81. The van der Waals surface area contributed by atoms with Gasteiger partial charge in [0.1, 0.15) is 16.8 Å². The van der Waals surface area contributed by atoms with Gasteiger partial charge in [0.25, 0.3) is 0 Å². The zero-order chi connectivity index (χ0) is 13.3. The third-order valence-electron chi connectivity index (χ3n) is 3.10. The molecule has 1 heterocycles. The van der Waals surface area contributed by atoms with Gasteiger partial charge in [0.15, 0.2) is 0 Å². The van der Waals surface area contributed by atoms with Gasteiger partial charge < -0.3 is 4.90 Å². The van der Waals surface area contributed by atoms with Gasteiger partial charge in [-0.1, -0.05) is 39.3 Å². The lowest BCUT2D eigenvalue weighted by Crippen LogP contribution is -2.29. The third kappa shape index (κ3) is 3.14. The van der Waals surface area contributed by atoms with Crippen LogP contribution in [0.3, 0.4) is 0 Å². The fraction of sp³-hybridized carbons (Fsp3) is 0.714. The van der Waals surface area contributed by atoms with Crippen LogP contribution in [0.25, 0.3) is 0 Å². The monoisotopic (exact) mass is 267 g/mol. The molecule has 1 saturated carbocycles. The second-order valence-electron chi connectivity index (χ2n) is 6.05. The van der Waals surface area contributed by atoms with E-state index in [1.165, 1.54) is 12.8 Å². The maximum atomic E-state index is 6.15. The van der Waals surface area contributed by atoms with Crippen molar-refractivity contribution in [2.24, 2.45) is 0 Å². The van der Waals surface area contributed by atoms with Crippen molar-refractivity contribution in [3.63, 3.8) is 0 Å². The quantitative estimate of drug-likeness (QED) is 0.777. The van der Waals surface area contributed by atoms with Crippen LogP contribution in [-0.2, 0) is 5.41 Å². The van der Waals surface area contributed by atoms with Crippen LogP contribution in [0.1, 0.15) is 52.8 Å². The van der Waals surface area contributed by atoms with Gasteiger partial charge in [0, 0.05) is 24.1 Å². The van der Waals surface area contributed by atoms with E-state index >= 15 is 0 Å².